The van der Waals surface area contributed by atoms with Gasteiger partial charge in [-0.1, -0.05) is 12.1 Å². The van der Waals surface area contributed by atoms with E-state index in [4.69, 9.17) is 0 Å². The largest absolute Gasteiger partial charge is 0.348 e. The monoisotopic (exact) mass is 425 g/mol. The van der Waals surface area contributed by atoms with Crippen molar-refractivity contribution in [3.8, 4) is 0 Å². The van der Waals surface area contributed by atoms with Gasteiger partial charge in [0, 0.05) is 49.1 Å². The second-order valence-corrected chi connectivity index (χ2v) is 7.29. The topological polar surface area (TPSA) is 128 Å². The molecular formula is C22H27N5O4. The molecule has 5 amide bonds. The molecule has 0 bridgehead atoms. The molecule has 9 nitrogen and oxygen atoms in total. The number of rotatable bonds is 7. The SMILES string of the molecule is CC(=O)Nc1cc(NC(C)=O)cc(C(=O)NCc2ccc(NC(=O)NC(C)C)cc2)c1. The van der Waals surface area contributed by atoms with Crippen molar-refractivity contribution in [3.05, 3.63) is 53.6 Å². The molecule has 2 aromatic carbocycles. The van der Waals surface area contributed by atoms with Crippen LogP contribution in [0.25, 0.3) is 0 Å². The molecule has 164 valence electrons. The van der Waals surface area contributed by atoms with Crippen LogP contribution in [0.3, 0.4) is 0 Å². The zero-order valence-electron chi connectivity index (χ0n) is 18.0. The Morgan fingerprint density at radius 2 is 1.32 bits per heavy atom. The van der Waals surface area contributed by atoms with Crippen LogP contribution in [0.4, 0.5) is 21.9 Å². The molecule has 0 aliphatic carbocycles. The molecule has 0 aliphatic heterocycles. The van der Waals surface area contributed by atoms with Crippen LogP contribution in [0.2, 0.25) is 0 Å². The van der Waals surface area contributed by atoms with Crippen molar-refractivity contribution in [3.63, 3.8) is 0 Å². The average Bonchev–Trinajstić information content (AvgIpc) is 2.65. The lowest BCUT2D eigenvalue weighted by molar-refractivity contribution is -0.115. The minimum absolute atomic E-state index is 0.0322. The second kappa shape index (κ2) is 10.8. The predicted octanol–water partition coefficient (Wildman–Crippen LogP) is 3.06. The Morgan fingerprint density at radius 3 is 1.81 bits per heavy atom. The number of anilines is 3. The second-order valence-electron chi connectivity index (χ2n) is 7.29. The van der Waals surface area contributed by atoms with Crippen LogP contribution in [0.15, 0.2) is 42.5 Å². The third-order valence-corrected chi connectivity index (χ3v) is 3.92. The van der Waals surface area contributed by atoms with Gasteiger partial charge in [-0.3, -0.25) is 14.4 Å². The summed E-state index contributed by atoms with van der Waals surface area (Å²) in [4.78, 5) is 47.1. The molecule has 0 radical (unpaired) electrons. The first-order valence-electron chi connectivity index (χ1n) is 9.77. The zero-order valence-corrected chi connectivity index (χ0v) is 18.0. The van der Waals surface area contributed by atoms with E-state index in [1.54, 1.807) is 30.3 Å². The number of hydrogen-bond donors (Lipinski definition) is 5. The summed E-state index contributed by atoms with van der Waals surface area (Å²) in [6.45, 7) is 6.72. The van der Waals surface area contributed by atoms with E-state index >= 15 is 0 Å². The maximum absolute atomic E-state index is 12.6. The molecule has 0 heterocycles. The van der Waals surface area contributed by atoms with E-state index in [0.717, 1.165) is 5.56 Å². The molecule has 0 saturated heterocycles. The molecule has 2 rings (SSSR count). The summed E-state index contributed by atoms with van der Waals surface area (Å²) in [5.74, 6) is -0.943. The standard InChI is InChI=1S/C22H27N5O4/c1-13(2)24-22(31)27-18-7-5-16(6-8-18)12-23-21(30)17-9-19(25-14(3)28)11-20(10-17)26-15(4)29/h5-11,13H,12H2,1-4H3,(H,23,30)(H,25,28)(H,26,29)(H2,24,27,31). The molecule has 0 fully saturated rings. The lowest BCUT2D eigenvalue weighted by atomic mass is 10.1. The van der Waals surface area contributed by atoms with Gasteiger partial charge < -0.3 is 26.6 Å². The third kappa shape index (κ3) is 8.17. The molecule has 0 unspecified atom stereocenters. The van der Waals surface area contributed by atoms with Crippen molar-refractivity contribution in [2.24, 2.45) is 0 Å². The fraction of sp³-hybridized carbons (Fsp3) is 0.273. The van der Waals surface area contributed by atoms with Crippen molar-refractivity contribution >= 4 is 40.8 Å². The van der Waals surface area contributed by atoms with Crippen LogP contribution in [0.5, 0.6) is 0 Å². The highest BCUT2D eigenvalue weighted by Crippen LogP contribution is 2.20. The molecule has 0 aliphatic rings. The minimum Gasteiger partial charge on any atom is -0.348 e. The summed E-state index contributed by atoms with van der Waals surface area (Å²) in [6.07, 6.45) is 0. The smallest absolute Gasteiger partial charge is 0.319 e. The van der Waals surface area contributed by atoms with E-state index in [1.807, 2.05) is 13.8 Å². The molecule has 0 spiro atoms. The van der Waals surface area contributed by atoms with Crippen LogP contribution < -0.4 is 26.6 Å². The van der Waals surface area contributed by atoms with Crippen LogP contribution >= 0.6 is 0 Å². The van der Waals surface area contributed by atoms with Gasteiger partial charge in [0.05, 0.1) is 0 Å². The summed E-state index contributed by atoms with van der Waals surface area (Å²) in [5.41, 5.74) is 2.57. The average molecular weight is 425 g/mol. The molecule has 2 aromatic rings. The minimum atomic E-state index is -0.364. The van der Waals surface area contributed by atoms with Gasteiger partial charge in [-0.2, -0.15) is 0 Å². The zero-order chi connectivity index (χ0) is 23.0. The van der Waals surface area contributed by atoms with Gasteiger partial charge in [0.2, 0.25) is 11.8 Å². The number of carbonyl (C=O) groups excluding carboxylic acids is 4. The predicted molar refractivity (Wildman–Crippen MR) is 120 cm³/mol. The highest BCUT2D eigenvalue weighted by molar-refractivity contribution is 6.00. The van der Waals surface area contributed by atoms with Gasteiger partial charge in [0.15, 0.2) is 0 Å². The fourth-order valence-corrected chi connectivity index (χ4v) is 2.73. The Kier molecular flexibility index (Phi) is 8.13. The molecule has 0 aromatic heterocycles. The van der Waals surface area contributed by atoms with Crippen molar-refractivity contribution in [2.75, 3.05) is 16.0 Å². The van der Waals surface area contributed by atoms with Crippen molar-refractivity contribution in [2.45, 2.75) is 40.3 Å². The van der Waals surface area contributed by atoms with Crippen LogP contribution in [0.1, 0.15) is 43.6 Å². The van der Waals surface area contributed by atoms with Crippen LogP contribution in [0, 0.1) is 0 Å². The summed E-state index contributed by atoms with van der Waals surface area (Å²) >= 11 is 0. The molecule has 31 heavy (non-hydrogen) atoms. The van der Waals surface area contributed by atoms with Crippen molar-refractivity contribution < 1.29 is 19.2 Å². The number of benzene rings is 2. The quantitative estimate of drug-likeness (QED) is 0.467. The van der Waals surface area contributed by atoms with E-state index in [9.17, 15) is 19.2 Å². The Morgan fingerprint density at radius 1 is 0.774 bits per heavy atom. The van der Waals surface area contributed by atoms with E-state index < -0.39 is 0 Å². The number of carbonyl (C=O) groups is 4. The normalized spacial score (nSPS) is 10.2. The number of urea groups is 1. The van der Waals surface area contributed by atoms with E-state index in [2.05, 4.69) is 26.6 Å². The highest BCUT2D eigenvalue weighted by Gasteiger charge is 2.11. The molecule has 0 saturated carbocycles. The van der Waals surface area contributed by atoms with Gasteiger partial charge in [0.25, 0.3) is 5.91 Å². The third-order valence-electron chi connectivity index (χ3n) is 3.92. The van der Waals surface area contributed by atoms with E-state index in [1.165, 1.54) is 26.0 Å². The highest BCUT2D eigenvalue weighted by atomic mass is 16.2. The van der Waals surface area contributed by atoms with E-state index in [-0.39, 0.29) is 36.3 Å². The summed E-state index contributed by atoms with van der Waals surface area (Å²) < 4.78 is 0. The van der Waals surface area contributed by atoms with Gasteiger partial charge in [-0.25, -0.2) is 4.79 Å². The summed E-state index contributed by atoms with van der Waals surface area (Å²) in [6, 6.07) is 11.4. The first-order valence-corrected chi connectivity index (χ1v) is 9.77. The van der Waals surface area contributed by atoms with E-state index in [0.29, 0.717) is 22.6 Å². The van der Waals surface area contributed by atoms with Crippen LogP contribution in [-0.2, 0) is 16.1 Å². The van der Waals surface area contributed by atoms with Gasteiger partial charge in [-0.05, 0) is 49.7 Å². The number of hydrogen-bond acceptors (Lipinski definition) is 4. The van der Waals surface area contributed by atoms with Gasteiger partial charge >= 0.3 is 6.03 Å². The maximum atomic E-state index is 12.6. The van der Waals surface area contributed by atoms with Crippen LogP contribution in [-0.4, -0.2) is 29.8 Å². The molecule has 5 N–H and O–H groups in total. The summed E-state index contributed by atoms with van der Waals surface area (Å²) in [5, 5.41) is 13.5. The summed E-state index contributed by atoms with van der Waals surface area (Å²) in [7, 11) is 0. The Hall–Kier alpha value is -3.88. The van der Waals surface area contributed by atoms with Gasteiger partial charge in [-0.15, -0.1) is 0 Å². The molecule has 9 heteroatoms. The maximum Gasteiger partial charge on any atom is 0.319 e. The Labute approximate surface area is 181 Å². The fourth-order valence-electron chi connectivity index (χ4n) is 2.73. The van der Waals surface area contributed by atoms with Crippen molar-refractivity contribution in [1.82, 2.24) is 10.6 Å². The Bertz CT molecular complexity index is 936. The van der Waals surface area contributed by atoms with Crippen molar-refractivity contribution in [1.29, 1.82) is 0 Å². The van der Waals surface area contributed by atoms with Gasteiger partial charge in [0.1, 0.15) is 0 Å². The molecular weight excluding hydrogens is 398 g/mol. The number of amides is 5. The lowest BCUT2D eigenvalue weighted by Gasteiger charge is -2.12. The first-order chi connectivity index (χ1) is 14.6. The Balaban J connectivity index is 2.03. The number of nitrogens with one attached hydrogen (secondary N) is 5. The lowest BCUT2D eigenvalue weighted by Crippen LogP contribution is -2.34. The first kappa shape index (κ1) is 23.4. The molecule has 0 atom stereocenters.